The largest absolute Gasteiger partial charge is 0.441 e. The van der Waals surface area contributed by atoms with Crippen LogP contribution in [-0.2, 0) is 16.0 Å². The molecule has 3 rings (SSSR count). The predicted molar refractivity (Wildman–Crippen MR) is 75.8 cm³/mol. The van der Waals surface area contributed by atoms with E-state index >= 15 is 0 Å². The molecule has 22 heavy (non-hydrogen) atoms. The quantitative estimate of drug-likeness (QED) is 0.677. The number of benzene rings is 1. The predicted octanol–water partition coefficient (Wildman–Crippen LogP) is 0.0846. The number of amides is 4. The monoisotopic (exact) mass is 302 g/mol. The lowest BCUT2D eigenvalue weighted by Gasteiger charge is -2.07. The van der Waals surface area contributed by atoms with Gasteiger partial charge in [-0.15, -0.1) is 0 Å². The van der Waals surface area contributed by atoms with E-state index in [9.17, 15) is 14.4 Å². The number of rotatable bonds is 5. The second-order valence-corrected chi connectivity index (χ2v) is 4.89. The summed E-state index contributed by atoms with van der Waals surface area (Å²) in [5, 5.41) is 7.11. The summed E-state index contributed by atoms with van der Waals surface area (Å²) in [5.74, 6) is -0.272. The minimum atomic E-state index is -0.808. The average molecular weight is 302 g/mol. The minimum absolute atomic E-state index is 0.0921. The Morgan fingerprint density at radius 2 is 2.14 bits per heavy atom. The fourth-order valence-corrected chi connectivity index (χ4v) is 2.20. The maximum atomic E-state index is 11.7. The van der Waals surface area contributed by atoms with Gasteiger partial charge in [0, 0.05) is 13.0 Å². The van der Waals surface area contributed by atoms with Gasteiger partial charge in [-0.1, -0.05) is 12.1 Å². The molecule has 8 nitrogen and oxygen atoms in total. The van der Waals surface area contributed by atoms with Crippen molar-refractivity contribution in [1.82, 2.24) is 20.9 Å². The van der Waals surface area contributed by atoms with Crippen molar-refractivity contribution in [3.63, 3.8) is 0 Å². The molecule has 0 saturated carbocycles. The molecule has 1 aromatic heterocycles. The first kappa shape index (κ1) is 14.1. The minimum Gasteiger partial charge on any atom is -0.441 e. The number of aromatic nitrogens is 1. The number of hydrogen-bond acceptors (Lipinski definition) is 5. The zero-order valence-electron chi connectivity index (χ0n) is 11.6. The number of oxazole rings is 1. The molecule has 0 aliphatic carbocycles. The van der Waals surface area contributed by atoms with Crippen LogP contribution in [0.2, 0.25) is 0 Å². The third-order valence-corrected chi connectivity index (χ3v) is 3.25. The fraction of sp³-hybridized carbons (Fsp3) is 0.286. The van der Waals surface area contributed by atoms with E-state index < -0.39 is 18.0 Å². The number of nitrogens with one attached hydrogen (secondary N) is 3. The van der Waals surface area contributed by atoms with E-state index in [1.807, 2.05) is 24.3 Å². The summed E-state index contributed by atoms with van der Waals surface area (Å²) >= 11 is 0. The van der Waals surface area contributed by atoms with Gasteiger partial charge in [-0.3, -0.25) is 14.9 Å². The standard InChI is InChI=1S/C14H14N4O4/c19-11(7-9-13(20)18-14(21)17-9)15-6-5-12-16-8-3-1-2-4-10(8)22-12/h1-4,9H,5-7H2,(H,15,19)(H2,17,18,20,21)/t9-/m0/s1. The molecule has 0 radical (unpaired) electrons. The molecule has 2 heterocycles. The molecule has 114 valence electrons. The molecule has 1 fully saturated rings. The molecule has 4 amide bonds. The SMILES string of the molecule is O=C(C[C@@H]1NC(=O)NC1=O)NCCc1nc2ccccc2o1. The number of hydrogen-bond donors (Lipinski definition) is 3. The average Bonchev–Trinajstić information content (AvgIpc) is 3.01. The van der Waals surface area contributed by atoms with Crippen molar-refractivity contribution < 1.29 is 18.8 Å². The molecule has 0 unspecified atom stereocenters. The van der Waals surface area contributed by atoms with Gasteiger partial charge >= 0.3 is 6.03 Å². The maximum Gasteiger partial charge on any atom is 0.322 e. The van der Waals surface area contributed by atoms with Crippen molar-refractivity contribution >= 4 is 28.9 Å². The van der Waals surface area contributed by atoms with Crippen LogP contribution in [0.4, 0.5) is 4.79 Å². The van der Waals surface area contributed by atoms with Gasteiger partial charge in [0.05, 0.1) is 6.42 Å². The van der Waals surface area contributed by atoms with Crippen LogP contribution >= 0.6 is 0 Å². The summed E-state index contributed by atoms with van der Waals surface area (Å²) in [4.78, 5) is 38.3. The Morgan fingerprint density at radius 3 is 2.86 bits per heavy atom. The highest BCUT2D eigenvalue weighted by Crippen LogP contribution is 2.14. The number of carbonyl (C=O) groups is 3. The van der Waals surface area contributed by atoms with E-state index in [0.29, 0.717) is 24.4 Å². The van der Waals surface area contributed by atoms with Gasteiger partial charge < -0.3 is 15.1 Å². The van der Waals surface area contributed by atoms with Crippen LogP contribution in [0, 0.1) is 0 Å². The lowest BCUT2D eigenvalue weighted by atomic mass is 10.2. The van der Waals surface area contributed by atoms with Gasteiger partial charge in [0.1, 0.15) is 11.6 Å². The molecule has 3 N–H and O–H groups in total. The van der Waals surface area contributed by atoms with Crippen molar-refractivity contribution in [2.45, 2.75) is 18.9 Å². The highest BCUT2D eigenvalue weighted by atomic mass is 16.3. The molecule has 1 aliphatic rings. The first-order valence-electron chi connectivity index (χ1n) is 6.84. The van der Waals surface area contributed by atoms with E-state index in [1.54, 1.807) is 0 Å². The Kier molecular flexibility index (Phi) is 3.73. The van der Waals surface area contributed by atoms with Crippen LogP contribution in [0.25, 0.3) is 11.1 Å². The smallest absolute Gasteiger partial charge is 0.322 e. The van der Waals surface area contributed by atoms with Crippen molar-refractivity contribution in [2.24, 2.45) is 0 Å². The first-order valence-corrected chi connectivity index (χ1v) is 6.84. The second-order valence-electron chi connectivity index (χ2n) is 4.89. The third kappa shape index (κ3) is 3.05. The molecule has 0 bridgehead atoms. The second kappa shape index (κ2) is 5.84. The molecule has 0 spiro atoms. The Hall–Kier alpha value is -2.90. The van der Waals surface area contributed by atoms with Crippen LogP contribution in [-0.4, -0.2) is 35.4 Å². The van der Waals surface area contributed by atoms with Crippen LogP contribution in [0.15, 0.2) is 28.7 Å². The lowest BCUT2D eigenvalue weighted by Crippen LogP contribution is -2.36. The van der Waals surface area contributed by atoms with Crippen molar-refractivity contribution in [3.8, 4) is 0 Å². The molecule has 8 heteroatoms. The Bertz CT molecular complexity index is 706. The number of carbonyl (C=O) groups excluding carboxylic acids is 3. The molecular formula is C14H14N4O4. The van der Waals surface area contributed by atoms with Crippen LogP contribution < -0.4 is 16.0 Å². The Morgan fingerprint density at radius 1 is 1.32 bits per heavy atom. The van der Waals surface area contributed by atoms with E-state index in [2.05, 4.69) is 20.9 Å². The van der Waals surface area contributed by atoms with Gasteiger partial charge in [0.25, 0.3) is 5.91 Å². The van der Waals surface area contributed by atoms with Gasteiger partial charge in [-0.05, 0) is 12.1 Å². The van der Waals surface area contributed by atoms with Crippen LogP contribution in [0.3, 0.4) is 0 Å². The van der Waals surface area contributed by atoms with Crippen LogP contribution in [0.5, 0.6) is 0 Å². The van der Waals surface area contributed by atoms with E-state index in [4.69, 9.17) is 4.42 Å². The summed E-state index contributed by atoms with van der Waals surface area (Å²) in [7, 11) is 0. The zero-order chi connectivity index (χ0) is 15.5. The molecule has 2 aromatic rings. The van der Waals surface area contributed by atoms with Gasteiger partial charge in [0.15, 0.2) is 11.5 Å². The number of urea groups is 1. The topological polar surface area (TPSA) is 113 Å². The number of fused-ring (bicyclic) bond motifs is 1. The highest BCUT2D eigenvalue weighted by molar-refractivity contribution is 6.05. The summed E-state index contributed by atoms with van der Waals surface area (Å²) in [5.41, 5.74) is 1.48. The summed E-state index contributed by atoms with van der Waals surface area (Å²) in [6.45, 7) is 0.341. The van der Waals surface area contributed by atoms with Gasteiger partial charge in [-0.2, -0.15) is 0 Å². The zero-order valence-corrected chi connectivity index (χ0v) is 11.6. The summed E-state index contributed by atoms with van der Waals surface area (Å²) in [6, 6.07) is 6.02. The molecule has 1 saturated heterocycles. The molecular weight excluding hydrogens is 288 g/mol. The summed E-state index contributed by atoms with van der Waals surface area (Å²) < 4.78 is 5.53. The van der Waals surface area contributed by atoms with Gasteiger partial charge in [0.2, 0.25) is 5.91 Å². The molecule has 1 atom stereocenters. The normalized spacial score (nSPS) is 17.4. The number of nitrogens with zero attached hydrogens (tertiary/aromatic N) is 1. The van der Waals surface area contributed by atoms with Crippen LogP contribution in [0.1, 0.15) is 12.3 Å². The van der Waals surface area contributed by atoms with Gasteiger partial charge in [-0.25, -0.2) is 9.78 Å². The molecule has 1 aliphatic heterocycles. The fourth-order valence-electron chi connectivity index (χ4n) is 2.20. The van der Waals surface area contributed by atoms with Crippen molar-refractivity contribution in [2.75, 3.05) is 6.54 Å². The summed E-state index contributed by atoms with van der Waals surface area (Å²) in [6.07, 6.45) is 0.356. The van der Waals surface area contributed by atoms with Crippen molar-refractivity contribution in [3.05, 3.63) is 30.2 Å². The number of para-hydroxylation sites is 2. The Balaban J connectivity index is 1.47. The van der Waals surface area contributed by atoms with E-state index in [-0.39, 0.29) is 12.3 Å². The maximum absolute atomic E-state index is 11.7. The highest BCUT2D eigenvalue weighted by Gasteiger charge is 2.31. The van der Waals surface area contributed by atoms with E-state index in [1.165, 1.54) is 0 Å². The van der Waals surface area contributed by atoms with E-state index in [0.717, 1.165) is 5.52 Å². The molecule has 1 aromatic carbocycles. The third-order valence-electron chi connectivity index (χ3n) is 3.25. The Labute approximate surface area is 125 Å². The number of imide groups is 1. The van der Waals surface area contributed by atoms with Crippen molar-refractivity contribution in [1.29, 1.82) is 0 Å². The lowest BCUT2D eigenvalue weighted by molar-refractivity contribution is -0.126. The first-order chi connectivity index (χ1) is 10.6.